The van der Waals surface area contributed by atoms with Crippen molar-refractivity contribution in [1.29, 1.82) is 0 Å². The molecule has 1 aliphatic rings. The highest BCUT2D eigenvalue weighted by molar-refractivity contribution is 5.26. The second-order valence-electron chi connectivity index (χ2n) is 7.15. The van der Waals surface area contributed by atoms with Crippen LogP contribution in [0.5, 0.6) is 5.75 Å². The van der Waals surface area contributed by atoms with Gasteiger partial charge in [0, 0.05) is 26.1 Å². The van der Waals surface area contributed by atoms with E-state index in [0.29, 0.717) is 26.2 Å². The van der Waals surface area contributed by atoms with E-state index in [9.17, 15) is 5.11 Å². The van der Waals surface area contributed by atoms with Gasteiger partial charge in [0.1, 0.15) is 18.1 Å². The van der Waals surface area contributed by atoms with Gasteiger partial charge >= 0.3 is 0 Å². The Labute approximate surface area is 174 Å². The fraction of sp³-hybridized carbons (Fsp3) is 0.565. The van der Waals surface area contributed by atoms with Gasteiger partial charge in [0.25, 0.3) is 0 Å². The molecule has 1 heterocycles. The van der Waals surface area contributed by atoms with Crippen LogP contribution in [-0.2, 0) is 25.6 Å². The van der Waals surface area contributed by atoms with Gasteiger partial charge in [0.05, 0.1) is 32.5 Å². The Bertz CT molecular complexity index is 623. The van der Waals surface area contributed by atoms with Gasteiger partial charge in [-0.05, 0) is 30.2 Å². The van der Waals surface area contributed by atoms with Crippen LogP contribution < -0.4 is 4.74 Å². The van der Waals surface area contributed by atoms with Crippen LogP contribution in [0.25, 0.3) is 0 Å². The van der Waals surface area contributed by atoms with E-state index in [2.05, 4.69) is 6.58 Å². The van der Waals surface area contributed by atoms with Crippen LogP contribution in [0, 0.1) is 5.92 Å². The molecule has 0 aromatic heterocycles. The monoisotopic (exact) mass is 406 g/mol. The number of ether oxygens (including phenoxy) is 5. The molecular weight excluding hydrogens is 372 g/mol. The lowest BCUT2D eigenvalue weighted by molar-refractivity contribution is -0.0991. The Kier molecular flexibility index (Phi) is 9.84. The minimum absolute atomic E-state index is 0.0215. The van der Waals surface area contributed by atoms with Crippen molar-refractivity contribution in [3.63, 3.8) is 0 Å². The maximum Gasteiger partial charge on any atom is 0.146 e. The van der Waals surface area contributed by atoms with Gasteiger partial charge in [-0.3, -0.25) is 0 Å². The predicted octanol–water partition coefficient (Wildman–Crippen LogP) is 3.49. The van der Waals surface area contributed by atoms with Crippen LogP contribution in [0.1, 0.15) is 25.3 Å². The lowest BCUT2D eigenvalue weighted by atomic mass is 9.95. The highest BCUT2D eigenvalue weighted by Crippen LogP contribution is 2.36. The van der Waals surface area contributed by atoms with Gasteiger partial charge in [-0.2, -0.15) is 0 Å². The molecule has 1 aliphatic heterocycles. The van der Waals surface area contributed by atoms with Crippen molar-refractivity contribution in [2.75, 3.05) is 34.2 Å². The average molecular weight is 407 g/mol. The van der Waals surface area contributed by atoms with Gasteiger partial charge in [0.2, 0.25) is 0 Å². The topological polar surface area (TPSA) is 69.7 Å². The summed E-state index contributed by atoms with van der Waals surface area (Å²) in [4.78, 5) is 0. The molecule has 6 heteroatoms. The summed E-state index contributed by atoms with van der Waals surface area (Å²) in [5.41, 5.74) is 0.540. The molecule has 0 spiro atoms. The van der Waals surface area contributed by atoms with Crippen LogP contribution in [0.2, 0.25) is 0 Å². The Balaban J connectivity index is 1.87. The first kappa shape index (κ1) is 23.6. The molecule has 0 bridgehead atoms. The minimum atomic E-state index is -0.590. The molecule has 0 radical (unpaired) electrons. The summed E-state index contributed by atoms with van der Waals surface area (Å²) in [5, 5.41) is 10.3. The zero-order valence-corrected chi connectivity index (χ0v) is 17.7. The highest BCUT2D eigenvalue weighted by Gasteiger charge is 2.50. The summed E-state index contributed by atoms with van der Waals surface area (Å²) in [6, 6.07) is 7.80. The van der Waals surface area contributed by atoms with Gasteiger partial charge < -0.3 is 28.8 Å². The van der Waals surface area contributed by atoms with E-state index in [1.54, 1.807) is 26.4 Å². The lowest BCUT2D eigenvalue weighted by Gasteiger charge is -2.23. The SMILES string of the molecule is C=C[C@H](CC)[C@@H](O)/C=C/[C@@]1([C@@H](CCOCc2ccc(OC)cc2)OCOC)CO1. The van der Waals surface area contributed by atoms with Crippen molar-refractivity contribution >= 4 is 0 Å². The standard InChI is InChI=1S/C23H34O6/c1-5-19(6-2)21(24)11-13-23(16-29-23)22(28-17-25-3)12-14-27-15-18-7-9-20(26-4)10-8-18/h5,7-11,13,19,21-22,24H,1,6,12,14-17H2,2-4H3/b13-11+/t19-,21+,22-,23+/m1/s1. The van der Waals surface area contributed by atoms with Crippen molar-refractivity contribution < 1.29 is 28.8 Å². The summed E-state index contributed by atoms with van der Waals surface area (Å²) in [6.45, 7) is 7.57. The van der Waals surface area contributed by atoms with Crippen LogP contribution in [0.4, 0.5) is 0 Å². The third kappa shape index (κ3) is 7.24. The number of aliphatic hydroxyl groups excluding tert-OH is 1. The molecule has 0 amide bonds. The Morgan fingerprint density at radius 1 is 1.28 bits per heavy atom. The molecule has 4 atom stereocenters. The Morgan fingerprint density at radius 2 is 2.00 bits per heavy atom. The molecule has 2 rings (SSSR count). The summed E-state index contributed by atoms with van der Waals surface area (Å²) in [7, 11) is 3.24. The normalized spacial score (nSPS) is 21.7. The summed E-state index contributed by atoms with van der Waals surface area (Å²) >= 11 is 0. The number of hydrogen-bond donors (Lipinski definition) is 1. The largest absolute Gasteiger partial charge is 0.497 e. The van der Waals surface area contributed by atoms with Gasteiger partial charge in [-0.15, -0.1) is 6.58 Å². The first-order valence-corrected chi connectivity index (χ1v) is 10.0. The highest BCUT2D eigenvalue weighted by atomic mass is 16.7. The quantitative estimate of drug-likeness (QED) is 0.208. The molecule has 29 heavy (non-hydrogen) atoms. The van der Waals surface area contributed by atoms with E-state index >= 15 is 0 Å². The second-order valence-corrected chi connectivity index (χ2v) is 7.15. The zero-order chi connectivity index (χ0) is 21.1. The summed E-state index contributed by atoms with van der Waals surface area (Å²) in [6.07, 6.45) is 6.14. The maximum absolute atomic E-state index is 10.3. The number of aliphatic hydroxyl groups is 1. The lowest BCUT2D eigenvalue weighted by Crippen LogP contribution is -2.33. The van der Waals surface area contributed by atoms with E-state index < -0.39 is 11.7 Å². The van der Waals surface area contributed by atoms with Crippen molar-refractivity contribution in [3.8, 4) is 5.75 Å². The molecule has 1 aromatic rings. The van der Waals surface area contributed by atoms with Crippen LogP contribution in [0.3, 0.4) is 0 Å². The molecule has 1 N–H and O–H groups in total. The number of rotatable bonds is 15. The van der Waals surface area contributed by atoms with Crippen LogP contribution in [0.15, 0.2) is 49.1 Å². The number of methoxy groups -OCH3 is 2. The zero-order valence-electron chi connectivity index (χ0n) is 17.7. The van der Waals surface area contributed by atoms with E-state index in [-0.39, 0.29) is 18.8 Å². The first-order valence-electron chi connectivity index (χ1n) is 10.0. The van der Waals surface area contributed by atoms with E-state index in [4.69, 9.17) is 23.7 Å². The Morgan fingerprint density at radius 3 is 2.55 bits per heavy atom. The van der Waals surface area contributed by atoms with Gasteiger partial charge in [-0.1, -0.05) is 31.2 Å². The van der Waals surface area contributed by atoms with Crippen LogP contribution >= 0.6 is 0 Å². The van der Waals surface area contributed by atoms with Crippen molar-refractivity contribution in [3.05, 3.63) is 54.6 Å². The molecule has 0 aliphatic carbocycles. The molecule has 1 fully saturated rings. The van der Waals surface area contributed by atoms with Crippen LogP contribution in [-0.4, -0.2) is 57.1 Å². The van der Waals surface area contributed by atoms with E-state index in [1.807, 2.05) is 37.3 Å². The smallest absolute Gasteiger partial charge is 0.146 e. The van der Waals surface area contributed by atoms with Gasteiger partial charge in [0.15, 0.2) is 0 Å². The third-order valence-electron chi connectivity index (χ3n) is 5.15. The predicted molar refractivity (Wildman–Crippen MR) is 112 cm³/mol. The van der Waals surface area contributed by atoms with Gasteiger partial charge in [-0.25, -0.2) is 0 Å². The number of benzene rings is 1. The third-order valence-corrected chi connectivity index (χ3v) is 5.15. The van der Waals surface area contributed by atoms with E-state index in [0.717, 1.165) is 17.7 Å². The molecule has 0 saturated carbocycles. The Hall–Kier alpha value is -1.70. The molecule has 0 unspecified atom stereocenters. The number of epoxide rings is 1. The molecular formula is C23H34O6. The fourth-order valence-electron chi connectivity index (χ4n) is 3.15. The minimum Gasteiger partial charge on any atom is -0.497 e. The molecule has 162 valence electrons. The fourth-order valence-corrected chi connectivity index (χ4v) is 3.15. The number of hydrogen-bond acceptors (Lipinski definition) is 6. The first-order chi connectivity index (χ1) is 14.1. The van der Waals surface area contributed by atoms with Crippen molar-refractivity contribution in [2.45, 2.75) is 44.2 Å². The molecule has 6 nitrogen and oxygen atoms in total. The molecule has 1 saturated heterocycles. The molecule has 1 aromatic carbocycles. The van der Waals surface area contributed by atoms with E-state index in [1.165, 1.54) is 0 Å². The van der Waals surface area contributed by atoms with Crippen molar-refractivity contribution in [2.24, 2.45) is 5.92 Å². The average Bonchev–Trinajstić information content (AvgIpc) is 3.54. The van der Waals surface area contributed by atoms with Crippen molar-refractivity contribution in [1.82, 2.24) is 0 Å². The summed E-state index contributed by atoms with van der Waals surface area (Å²) in [5.74, 6) is 0.846. The second kappa shape index (κ2) is 12.1. The summed E-state index contributed by atoms with van der Waals surface area (Å²) < 4.78 is 27.6. The maximum atomic E-state index is 10.3.